The maximum Gasteiger partial charge on any atom is 0.159 e. The van der Waals surface area contributed by atoms with E-state index in [2.05, 4.69) is 41.2 Å². The number of rotatable bonds is 2. The Kier molecular flexibility index (Phi) is 8.30. The van der Waals surface area contributed by atoms with Crippen molar-refractivity contribution >= 4 is 0 Å². The minimum Gasteiger partial charge on any atom is -0.236 e. The van der Waals surface area contributed by atoms with Gasteiger partial charge >= 0.3 is 0 Å². The van der Waals surface area contributed by atoms with E-state index in [1.165, 1.54) is 5.56 Å². The molecule has 120 valence electrons. The van der Waals surface area contributed by atoms with Crippen molar-refractivity contribution in [1.82, 2.24) is 9.97 Å². The minimum atomic E-state index is 0.761. The molecule has 0 saturated heterocycles. The average molecular weight is 306 g/mol. The van der Waals surface area contributed by atoms with Crippen LogP contribution in [0, 0.1) is 6.92 Å². The molecule has 0 unspecified atom stereocenters. The summed E-state index contributed by atoms with van der Waals surface area (Å²) >= 11 is 0. The normalized spacial score (nSPS) is 9.09. The Morgan fingerprint density at radius 3 is 1.61 bits per heavy atom. The van der Waals surface area contributed by atoms with Crippen molar-refractivity contribution in [3.05, 3.63) is 72.6 Å². The van der Waals surface area contributed by atoms with Crippen LogP contribution >= 0.6 is 0 Å². The molecule has 0 saturated carbocycles. The van der Waals surface area contributed by atoms with Gasteiger partial charge in [-0.3, -0.25) is 0 Å². The fourth-order valence-electron chi connectivity index (χ4n) is 1.96. The third-order valence-electron chi connectivity index (χ3n) is 3.07. The zero-order valence-electron chi connectivity index (χ0n) is 14.7. The lowest BCUT2D eigenvalue weighted by Crippen LogP contribution is -1.89. The number of hydrogen-bond donors (Lipinski definition) is 0. The second-order valence-corrected chi connectivity index (χ2v) is 4.53. The first kappa shape index (κ1) is 18.6. The molecule has 3 aromatic rings. The average Bonchev–Trinajstić information content (AvgIpc) is 2.67. The van der Waals surface area contributed by atoms with Crippen LogP contribution in [0.5, 0.6) is 0 Å². The van der Waals surface area contributed by atoms with Gasteiger partial charge in [-0.25, -0.2) is 9.97 Å². The van der Waals surface area contributed by atoms with E-state index in [1.807, 2.05) is 70.4 Å². The number of nitrogens with zero attached hydrogens (tertiary/aromatic N) is 2. The van der Waals surface area contributed by atoms with E-state index >= 15 is 0 Å². The smallest absolute Gasteiger partial charge is 0.159 e. The van der Waals surface area contributed by atoms with Crippen LogP contribution in [0.2, 0.25) is 0 Å². The molecule has 0 bridgehead atoms. The van der Waals surface area contributed by atoms with Gasteiger partial charge in [0.05, 0.1) is 0 Å². The van der Waals surface area contributed by atoms with Crippen LogP contribution in [-0.4, -0.2) is 9.97 Å². The molecule has 0 aliphatic rings. The molecule has 23 heavy (non-hydrogen) atoms. The van der Waals surface area contributed by atoms with Gasteiger partial charge in [0.15, 0.2) is 5.82 Å². The molecule has 1 heterocycles. The molecule has 0 spiro atoms. The third kappa shape index (κ3) is 5.33. The third-order valence-corrected chi connectivity index (χ3v) is 3.07. The lowest BCUT2D eigenvalue weighted by molar-refractivity contribution is 1.18. The lowest BCUT2D eigenvalue weighted by Gasteiger charge is -2.03. The second-order valence-electron chi connectivity index (χ2n) is 4.53. The summed E-state index contributed by atoms with van der Waals surface area (Å²) in [5.74, 6) is 0.761. The second kappa shape index (κ2) is 10.3. The quantitative estimate of drug-likeness (QED) is 0.565. The van der Waals surface area contributed by atoms with Crippen LogP contribution in [0.4, 0.5) is 0 Å². The first-order valence-electron chi connectivity index (χ1n) is 8.27. The van der Waals surface area contributed by atoms with E-state index in [4.69, 9.17) is 0 Å². The largest absolute Gasteiger partial charge is 0.236 e. The summed E-state index contributed by atoms with van der Waals surface area (Å²) in [6, 6.07) is 18.4. The summed E-state index contributed by atoms with van der Waals surface area (Å²) in [6.45, 7) is 10.1. The van der Waals surface area contributed by atoms with Crippen molar-refractivity contribution in [1.29, 1.82) is 0 Å². The van der Waals surface area contributed by atoms with Gasteiger partial charge in [0.2, 0.25) is 0 Å². The first-order valence-corrected chi connectivity index (χ1v) is 8.27. The molecule has 0 amide bonds. The Morgan fingerprint density at radius 2 is 1.09 bits per heavy atom. The van der Waals surface area contributed by atoms with Crippen LogP contribution in [0.3, 0.4) is 0 Å². The van der Waals surface area contributed by atoms with Gasteiger partial charge in [-0.15, -0.1) is 0 Å². The maximum atomic E-state index is 4.44. The zero-order valence-corrected chi connectivity index (χ0v) is 14.7. The van der Waals surface area contributed by atoms with Crippen LogP contribution in [-0.2, 0) is 0 Å². The molecule has 3 rings (SSSR count). The SMILES string of the molecule is CC.CC.Cc1ccc(-c2cnc(-c3ccccc3)nc2)cc1. The summed E-state index contributed by atoms with van der Waals surface area (Å²) in [5.41, 5.74) is 4.48. The fourth-order valence-corrected chi connectivity index (χ4v) is 1.96. The number of benzene rings is 2. The zero-order chi connectivity index (χ0) is 17.1. The number of aromatic nitrogens is 2. The highest BCUT2D eigenvalue weighted by molar-refractivity contribution is 5.63. The molecule has 0 aliphatic heterocycles. The first-order chi connectivity index (χ1) is 11.3. The monoisotopic (exact) mass is 306 g/mol. The van der Waals surface area contributed by atoms with Gasteiger partial charge in [-0.05, 0) is 12.5 Å². The molecule has 2 aromatic carbocycles. The predicted octanol–water partition coefficient (Wildman–Crippen LogP) is 6.17. The van der Waals surface area contributed by atoms with Gasteiger partial charge < -0.3 is 0 Å². The highest BCUT2D eigenvalue weighted by atomic mass is 14.9. The van der Waals surface area contributed by atoms with Crippen LogP contribution < -0.4 is 0 Å². The minimum absolute atomic E-state index is 0.761. The Labute approximate surface area is 140 Å². The Hall–Kier alpha value is -2.48. The van der Waals surface area contributed by atoms with E-state index < -0.39 is 0 Å². The van der Waals surface area contributed by atoms with E-state index in [-0.39, 0.29) is 0 Å². The molecule has 0 fully saturated rings. The molecular weight excluding hydrogens is 280 g/mol. The lowest BCUT2D eigenvalue weighted by atomic mass is 10.1. The van der Waals surface area contributed by atoms with Gasteiger partial charge in [0.25, 0.3) is 0 Å². The highest BCUT2D eigenvalue weighted by Crippen LogP contribution is 2.20. The summed E-state index contributed by atoms with van der Waals surface area (Å²) in [7, 11) is 0. The van der Waals surface area contributed by atoms with Crippen LogP contribution in [0.1, 0.15) is 33.3 Å². The van der Waals surface area contributed by atoms with Crippen molar-refractivity contribution in [3.63, 3.8) is 0 Å². The Balaban J connectivity index is 0.000000615. The van der Waals surface area contributed by atoms with Gasteiger partial charge in [0.1, 0.15) is 0 Å². The van der Waals surface area contributed by atoms with Crippen LogP contribution in [0.15, 0.2) is 67.0 Å². The summed E-state index contributed by atoms with van der Waals surface area (Å²) in [4.78, 5) is 8.87. The Morgan fingerprint density at radius 1 is 0.565 bits per heavy atom. The van der Waals surface area contributed by atoms with E-state index in [9.17, 15) is 0 Å². The van der Waals surface area contributed by atoms with Gasteiger partial charge in [0, 0.05) is 23.5 Å². The molecule has 0 radical (unpaired) electrons. The molecule has 2 heteroatoms. The fraction of sp³-hybridized carbons (Fsp3) is 0.238. The molecule has 0 N–H and O–H groups in total. The van der Waals surface area contributed by atoms with Crippen molar-refractivity contribution in [2.45, 2.75) is 34.6 Å². The van der Waals surface area contributed by atoms with E-state index in [0.717, 1.165) is 22.5 Å². The summed E-state index contributed by atoms with van der Waals surface area (Å²) in [5, 5.41) is 0. The molecule has 0 aliphatic carbocycles. The molecule has 2 nitrogen and oxygen atoms in total. The van der Waals surface area contributed by atoms with Crippen molar-refractivity contribution in [3.8, 4) is 22.5 Å². The molecular formula is C21H26N2. The standard InChI is InChI=1S/C17H14N2.2C2H6/c1-13-7-9-14(10-8-13)16-11-18-17(19-12-16)15-5-3-2-4-6-15;2*1-2/h2-12H,1H3;2*1-2H3. The maximum absolute atomic E-state index is 4.44. The van der Waals surface area contributed by atoms with Gasteiger partial charge in [-0.2, -0.15) is 0 Å². The Bertz CT molecular complexity index is 656. The number of aryl methyl sites for hydroxylation is 1. The number of hydrogen-bond acceptors (Lipinski definition) is 2. The van der Waals surface area contributed by atoms with E-state index in [1.54, 1.807) is 0 Å². The summed E-state index contributed by atoms with van der Waals surface area (Å²) in [6.07, 6.45) is 3.75. The summed E-state index contributed by atoms with van der Waals surface area (Å²) < 4.78 is 0. The van der Waals surface area contributed by atoms with Crippen LogP contribution in [0.25, 0.3) is 22.5 Å². The highest BCUT2D eigenvalue weighted by Gasteiger charge is 2.02. The van der Waals surface area contributed by atoms with Crippen molar-refractivity contribution in [2.24, 2.45) is 0 Å². The van der Waals surface area contributed by atoms with Gasteiger partial charge in [-0.1, -0.05) is 87.9 Å². The topological polar surface area (TPSA) is 25.8 Å². The molecule has 0 atom stereocenters. The van der Waals surface area contributed by atoms with E-state index in [0.29, 0.717) is 0 Å². The predicted molar refractivity (Wildman–Crippen MR) is 100 cm³/mol. The van der Waals surface area contributed by atoms with Crippen molar-refractivity contribution in [2.75, 3.05) is 0 Å². The molecule has 1 aromatic heterocycles. The van der Waals surface area contributed by atoms with Crippen molar-refractivity contribution < 1.29 is 0 Å².